The highest BCUT2D eigenvalue weighted by atomic mass is 32.1. The van der Waals surface area contributed by atoms with Gasteiger partial charge in [0.25, 0.3) is 0 Å². The van der Waals surface area contributed by atoms with E-state index in [2.05, 4.69) is 41.5 Å². The van der Waals surface area contributed by atoms with Crippen LogP contribution in [0.1, 0.15) is 17.5 Å². The number of anilines is 1. The van der Waals surface area contributed by atoms with Crippen molar-refractivity contribution in [3.63, 3.8) is 0 Å². The van der Waals surface area contributed by atoms with E-state index in [1.165, 1.54) is 11.1 Å². The van der Waals surface area contributed by atoms with Gasteiger partial charge in [0.15, 0.2) is 5.11 Å². The van der Waals surface area contributed by atoms with Gasteiger partial charge in [0.05, 0.1) is 0 Å². The van der Waals surface area contributed by atoms with Crippen LogP contribution in [-0.4, -0.2) is 23.1 Å². The molecule has 2 aromatic rings. The Balaban J connectivity index is 1.66. The summed E-state index contributed by atoms with van der Waals surface area (Å²) in [6, 6.07) is 19.3. The average Bonchev–Trinajstić information content (AvgIpc) is 2.54. The number of hydrogen-bond acceptors (Lipinski definition) is 1. The summed E-state index contributed by atoms with van der Waals surface area (Å²) in [6.45, 7) is 0. The molecule has 0 bridgehead atoms. The number of nitrogens with one attached hydrogen (secondary N) is 1. The number of hydrogen-bond donors (Lipinski definition) is 1. The van der Waals surface area contributed by atoms with Crippen LogP contribution in [-0.2, 0) is 12.8 Å². The number of para-hydroxylation sites is 1. The monoisotopic (exact) mass is 296 g/mol. The maximum atomic E-state index is 5.55. The largest absolute Gasteiger partial charge is 0.349 e. The SMILES string of the molecule is CN(C(=S)Nc1ccccc1)C1CCc2ccccc2C1. The summed E-state index contributed by atoms with van der Waals surface area (Å²) in [5.74, 6) is 0. The van der Waals surface area contributed by atoms with Crippen LogP contribution in [0.3, 0.4) is 0 Å². The van der Waals surface area contributed by atoms with E-state index in [1.54, 1.807) is 0 Å². The highest BCUT2D eigenvalue weighted by Gasteiger charge is 2.23. The van der Waals surface area contributed by atoms with E-state index in [9.17, 15) is 0 Å². The Kier molecular flexibility index (Phi) is 4.20. The van der Waals surface area contributed by atoms with E-state index in [-0.39, 0.29) is 0 Å². The number of aryl methyl sites for hydroxylation is 1. The van der Waals surface area contributed by atoms with Crippen LogP contribution in [0.15, 0.2) is 54.6 Å². The molecule has 0 aliphatic heterocycles. The van der Waals surface area contributed by atoms with E-state index < -0.39 is 0 Å². The summed E-state index contributed by atoms with van der Waals surface area (Å²) in [5.41, 5.74) is 4.00. The zero-order valence-electron chi connectivity index (χ0n) is 12.3. The van der Waals surface area contributed by atoms with Gasteiger partial charge in [-0.05, 0) is 54.7 Å². The molecule has 0 spiro atoms. The summed E-state index contributed by atoms with van der Waals surface area (Å²) < 4.78 is 0. The Hall–Kier alpha value is -1.87. The zero-order chi connectivity index (χ0) is 14.7. The fraction of sp³-hybridized carbons (Fsp3) is 0.278. The maximum Gasteiger partial charge on any atom is 0.173 e. The Morgan fingerprint density at radius 3 is 2.48 bits per heavy atom. The minimum atomic E-state index is 0.476. The van der Waals surface area contributed by atoms with Gasteiger partial charge in [0, 0.05) is 18.8 Å². The van der Waals surface area contributed by atoms with Crippen molar-refractivity contribution in [2.45, 2.75) is 25.3 Å². The molecule has 0 radical (unpaired) electrons. The molecule has 2 nitrogen and oxygen atoms in total. The van der Waals surface area contributed by atoms with E-state index >= 15 is 0 Å². The third-order valence-corrected chi connectivity index (χ3v) is 4.60. The predicted octanol–water partition coefficient (Wildman–Crippen LogP) is 3.87. The number of likely N-dealkylation sites (N-methyl/N-ethyl adjacent to an activating group) is 1. The molecular formula is C18H20N2S. The molecule has 108 valence electrons. The van der Waals surface area contributed by atoms with Crippen molar-refractivity contribution in [3.05, 3.63) is 65.7 Å². The van der Waals surface area contributed by atoms with Crippen LogP contribution < -0.4 is 5.32 Å². The summed E-state index contributed by atoms with van der Waals surface area (Å²) >= 11 is 5.55. The van der Waals surface area contributed by atoms with Gasteiger partial charge in [-0.1, -0.05) is 42.5 Å². The molecule has 1 aliphatic carbocycles. The summed E-state index contributed by atoms with van der Waals surface area (Å²) in [6.07, 6.45) is 3.37. The first-order valence-corrected chi connectivity index (χ1v) is 7.80. The maximum absolute atomic E-state index is 5.55. The van der Waals surface area contributed by atoms with Gasteiger partial charge in [0.2, 0.25) is 0 Å². The first-order valence-electron chi connectivity index (χ1n) is 7.39. The predicted molar refractivity (Wildman–Crippen MR) is 92.7 cm³/mol. The fourth-order valence-electron chi connectivity index (χ4n) is 2.91. The first kappa shape index (κ1) is 14.1. The average molecular weight is 296 g/mol. The summed E-state index contributed by atoms with van der Waals surface area (Å²) in [4.78, 5) is 2.21. The van der Waals surface area contributed by atoms with Gasteiger partial charge in [-0.3, -0.25) is 0 Å². The Morgan fingerprint density at radius 2 is 1.71 bits per heavy atom. The van der Waals surface area contributed by atoms with E-state index in [4.69, 9.17) is 12.2 Å². The van der Waals surface area contributed by atoms with E-state index in [0.717, 1.165) is 30.1 Å². The van der Waals surface area contributed by atoms with Gasteiger partial charge in [-0.15, -0.1) is 0 Å². The molecule has 2 aromatic carbocycles. The van der Waals surface area contributed by atoms with Crippen molar-refractivity contribution in [2.75, 3.05) is 12.4 Å². The molecule has 0 fully saturated rings. The lowest BCUT2D eigenvalue weighted by Gasteiger charge is -2.34. The Bertz CT molecular complexity index is 624. The minimum Gasteiger partial charge on any atom is -0.349 e. The van der Waals surface area contributed by atoms with Crippen LogP contribution >= 0.6 is 12.2 Å². The molecule has 0 saturated carbocycles. The second-order valence-corrected chi connectivity index (χ2v) is 5.96. The lowest BCUT2D eigenvalue weighted by Crippen LogP contribution is -2.42. The normalized spacial score (nSPS) is 16.9. The lowest BCUT2D eigenvalue weighted by atomic mass is 9.88. The number of benzene rings is 2. The summed E-state index contributed by atoms with van der Waals surface area (Å²) in [7, 11) is 2.09. The number of rotatable bonds is 2. The van der Waals surface area contributed by atoms with Crippen LogP contribution in [0, 0.1) is 0 Å². The molecule has 21 heavy (non-hydrogen) atoms. The van der Waals surface area contributed by atoms with Crippen LogP contribution in [0.25, 0.3) is 0 Å². The van der Waals surface area contributed by atoms with E-state index in [0.29, 0.717) is 6.04 Å². The highest BCUT2D eigenvalue weighted by molar-refractivity contribution is 7.80. The van der Waals surface area contributed by atoms with Gasteiger partial charge in [-0.2, -0.15) is 0 Å². The number of fused-ring (bicyclic) bond motifs is 1. The zero-order valence-corrected chi connectivity index (χ0v) is 13.1. The molecular weight excluding hydrogens is 276 g/mol. The van der Waals surface area contributed by atoms with Crippen LogP contribution in [0.4, 0.5) is 5.69 Å². The van der Waals surface area contributed by atoms with Crippen molar-refractivity contribution in [1.29, 1.82) is 0 Å². The topological polar surface area (TPSA) is 15.3 Å². The molecule has 3 heteroatoms. The molecule has 3 rings (SSSR count). The fourth-order valence-corrected chi connectivity index (χ4v) is 3.18. The molecule has 1 unspecified atom stereocenters. The summed E-state index contributed by atoms with van der Waals surface area (Å²) in [5, 5.41) is 4.12. The lowest BCUT2D eigenvalue weighted by molar-refractivity contribution is 0.335. The molecule has 0 heterocycles. The van der Waals surface area contributed by atoms with Crippen molar-refractivity contribution in [1.82, 2.24) is 4.90 Å². The van der Waals surface area contributed by atoms with Crippen LogP contribution in [0.2, 0.25) is 0 Å². The second-order valence-electron chi connectivity index (χ2n) is 5.57. The van der Waals surface area contributed by atoms with Gasteiger partial charge in [0.1, 0.15) is 0 Å². The van der Waals surface area contributed by atoms with Gasteiger partial charge in [-0.25, -0.2) is 0 Å². The standard InChI is InChI=1S/C18H20N2S/c1-20(18(21)19-16-9-3-2-4-10-16)17-12-11-14-7-5-6-8-15(14)13-17/h2-10,17H,11-13H2,1H3,(H,19,21). The van der Waals surface area contributed by atoms with Crippen molar-refractivity contribution < 1.29 is 0 Å². The van der Waals surface area contributed by atoms with Crippen molar-refractivity contribution in [2.24, 2.45) is 0 Å². The van der Waals surface area contributed by atoms with Crippen molar-refractivity contribution in [3.8, 4) is 0 Å². The van der Waals surface area contributed by atoms with E-state index in [1.807, 2.05) is 30.3 Å². The first-order chi connectivity index (χ1) is 10.2. The van der Waals surface area contributed by atoms with Gasteiger partial charge >= 0.3 is 0 Å². The molecule has 0 aromatic heterocycles. The molecule has 0 amide bonds. The minimum absolute atomic E-state index is 0.476. The van der Waals surface area contributed by atoms with Crippen molar-refractivity contribution >= 4 is 23.0 Å². The molecule has 1 atom stereocenters. The second kappa shape index (κ2) is 6.27. The van der Waals surface area contributed by atoms with Gasteiger partial charge < -0.3 is 10.2 Å². The number of thiocarbonyl (C=S) groups is 1. The third kappa shape index (κ3) is 3.24. The molecule has 0 saturated heterocycles. The molecule has 1 aliphatic rings. The van der Waals surface area contributed by atoms with Crippen LogP contribution in [0.5, 0.6) is 0 Å². The smallest absolute Gasteiger partial charge is 0.173 e. The molecule has 1 N–H and O–H groups in total. The quantitative estimate of drug-likeness (QED) is 0.847. The third-order valence-electron chi connectivity index (χ3n) is 4.21. The number of nitrogens with zero attached hydrogens (tertiary/aromatic N) is 1. The Labute approximate surface area is 131 Å². The Morgan fingerprint density at radius 1 is 1.05 bits per heavy atom. The highest BCUT2D eigenvalue weighted by Crippen LogP contribution is 2.24.